The number of aryl methyl sites for hydroxylation is 1. The summed E-state index contributed by atoms with van der Waals surface area (Å²) in [6, 6.07) is 2.07. The van der Waals surface area contributed by atoms with E-state index in [9.17, 15) is 4.79 Å². The largest absolute Gasteiger partial charge is 0.398 e. The number of thiol groups is 1. The van der Waals surface area contributed by atoms with Crippen molar-refractivity contribution in [2.45, 2.75) is 46.5 Å². The lowest BCUT2D eigenvalue weighted by Gasteiger charge is -2.09. The summed E-state index contributed by atoms with van der Waals surface area (Å²) in [4.78, 5) is 15.8. The van der Waals surface area contributed by atoms with Gasteiger partial charge in [0.25, 0.3) is 0 Å². The molecule has 0 saturated carbocycles. The van der Waals surface area contributed by atoms with E-state index in [1.807, 2.05) is 24.7 Å². The molecule has 1 aromatic heterocycles. The molecule has 0 aliphatic rings. The Balaban J connectivity index is 0.00000150. The van der Waals surface area contributed by atoms with E-state index in [1.165, 1.54) is 6.08 Å². The van der Waals surface area contributed by atoms with E-state index in [1.54, 1.807) is 13.0 Å². The van der Waals surface area contributed by atoms with Gasteiger partial charge in [-0.15, -0.1) is 0 Å². The molecule has 178 valence electrons. The summed E-state index contributed by atoms with van der Waals surface area (Å²) in [5.74, 6) is 0.560. The molecule has 1 amide bonds. The molecule has 1 rings (SSSR count). The van der Waals surface area contributed by atoms with Crippen molar-refractivity contribution in [1.82, 2.24) is 9.55 Å². The Morgan fingerprint density at radius 3 is 2.45 bits per heavy atom. The van der Waals surface area contributed by atoms with Crippen LogP contribution in [-0.2, 0) is 11.8 Å². The van der Waals surface area contributed by atoms with Crippen LogP contribution in [0.25, 0.3) is 11.1 Å². The minimum Gasteiger partial charge on any atom is -0.398 e. The number of amides is 1. The predicted octanol–water partition coefficient (Wildman–Crippen LogP) is 4.17. The van der Waals surface area contributed by atoms with Crippen molar-refractivity contribution >= 4 is 41.6 Å². The van der Waals surface area contributed by atoms with E-state index < -0.39 is 5.91 Å². The summed E-state index contributed by atoms with van der Waals surface area (Å²) in [6.07, 6.45) is 9.56. The maximum absolute atomic E-state index is 11.2. The highest BCUT2D eigenvalue weighted by molar-refractivity contribution is 7.80. The van der Waals surface area contributed by atoms with Gasteiger partial charge in [0.2, 0.25) is 5.91 Å². The fourth-order valence-electron chi connectivity index (χ4n) is 2.65. The fourth-order valence-corrected chi connectivity index (χ4v) is 2.89. The third-order valence-electron chi connectivity index (χ3n) is 4.54. The molecule has 0 atom stereocenters. The van der Waals surface area contributed by atoms with Crippen molar-refractivity contribution in [2.24, 2.45) is 18.5 Å². The number of carbonyl (C=O) groups is 1. The molecule has 33 heavy (non-hydrogen) atoms. The number of nitriles is 1. The molecule has 0 bridgehead atoms. The summed E-state index contributed by atoms with van der Waals surface area (Å²) in [7, 11) is 1.84. The number of nitrogens with zero attached hydrogens (tertiary/aromatic N) is 3. The Bertz CT molecular complexity index is 1010. The van der Waals surface area contributed by atoms with Crippen molar-refractivity contribution < 1.29 is 4.79 Å². The minimum absolute atomic E-state index is 0.0571. The number of carbonyl (C=O) groups excluding carboxylic acids is 1. The summed E-state index contributed by atoms with van der Waals surface area (Å²) >= 11 is 4.14. The van der Waals surface area contributed by atoms with Gasteiger partial charge in [0.15, 0.2) is 0 Å². The van der Waals surface area contributed by atoms with Gasteiger partial charge in [-0.25, -0.2) is 4.98 Å². The second-order valence-electron chi connectivity index (χ2n) is 7.32. The van der Waals surface area contributed by atoms with Crippen LogP contribution in [0.3, 0.4) is 0 Å². The molecule has 1 heterocycles. The molecule has 9 heteroatoms. The fraction of sp³-hybridized carbons (Fsp3) is 0.375. The number of nitrogens with one attached hydrogen (secondary N) is 2. The van der Waals surface area contributed by atoms with Crippen LogP contribution in [-0.4, -0.2) is 33.1 Å². The molecular weight excluding hydrogens is 434 g/mol. The second-order valence-corrected chi connectivity index (χ2v) is 7.77. The maximum atomic E-state index is 11.2. The average molecular weight is 470 g/mol. The van der Waals surface area contributed by atoms with E-state index in [2.05, 4.69) is 37.2 Å². The van der Waals surface area contributed by atoms with Crippen LogP contribution in [0, 0.1) is 22.1 Å². The maximum Gasteiger partial charge on any atom is 0.248 e. The van der Waals surface area contributed by atoms with E-state index in [-0.39, 0.29) is 11.3 Å². The number of allylic oxidation sites excluding steroid dienone is 4. The van der Waals surface area contributed by atoms with Crippen molar-refractivity contribution in [1.29, 1.82) is 16.1 Å². The van der Waals surface area contributed by atoms with Gasteiger partial charge in [0.1, 0.15) is 5.82 Å². The highest BCUT2D eigenvalue weighted by atomic mass is 32.1. The third kappa shape index (κ3) is 10.2. The Morgan fingerprint density at radius 2 is 2.00 bits per heavy atom. The van der Waals surface area contributed by atoms with Gasteiger partial charge in [-0.1, -0.05) is 19.9 Å². The zero-order chi connectivity index (χ0) is 25.6. The molecule has 0 unspecified atom stereocenters. The number of hydrogen-bond donors (Lipinski definition) is 5. The number of primary amides is 1. The van der Waals surface area contributed by atoms with Gasteiger partial charge in [-0.2, -0.15) is 17.9 Å². The molecule has 0 aromatic carbocycles. The first kappa shape index (κ1) is 29.6. The number of aromatic nitrogens is 2. The van der Waals surface area contributed by atoms with Crippen LogP contribution < -0.4 is 11.5 Å². The predicted molar refractivity (Wildman–Crippen MR) is 140 cm³/mol. The summed E-state index contributed by atoms with van der Waals surface area (Å²) in [5, 5.41) is 23.5. The first-order valence-corrected chi connectivity index (χ1v) is 11.1. The first-order valence-electron chi connectivity index (χ1n) is 10.5. The molecule has 0 spiro atoms. The highest BCUT2D eigenvalue weighted by Gasteiger charge is 2.14. The Hall–Kier alpha value is -3.38. The number of imidazole rings is 1. The van der Waals surface area contributed by atoms with Crippen molar-refractivity contribution in [3.63, 3.8) is 0 Å². The molecule has 8 nitrogen and oxygen atoms in total. The summed E-state index contributed by atoms with van der Waals surface area (Å²) in [6.45, 7) is 9.31. The first-order chi connectivity index (χ1) is 15.5. The molecule has 0 aliphatic carbocycles. The standard InChI is InChI=1S/C19H26N6OS.C5H9N/c1-11(7-14(21)5-6-27)17-10-25(4)19(24-17)13(3)15(9-20)16(22)8-12(2)18(23)26;1-2-3-4-5-6/h7-10,20-21,27H,2,5-6,22H2,1,3-4H3,(H2,23,26);2-4H2,1H3/b11-7+,15-13+,16-8+,20-9?,21-14?;. The lowest BCUT2D eigenvalue weighted by atomic mass is 10.0. The normalized spacial score (nSPS) is 12.1. The number of hydrogen-bond acceptors (Lipinski definition) is 7. The van der Waals surface area contributed by atoms with Crippen LogP contribution in [0.5, 0.6) is 0 Å². The lowest BCUT2D eigenvalue weighted by molar-refractivity contribution is -0.114. The van der Waals surface area contributed by atoms with Crippen LogP contribution >= 0.6 is 12.6 Å². The summed E-state index contributed by atoms with van der Waals surface area (Å²) in [5.41, 5.74) is 14.6. The second kappa shape index (κ2) is 15.4. The van der Waals surface area contributed by atoms with Gasteiger partial charge in [-0.05, 0) is 50.2 Å². The SMILES string of the molecule is C=C(/C=C(N)\C(C=N)=C(/C)c1nc(/C(C)=C/C(=N)CCS)cn1C)C(N)=O.CCCCC#N. The van der Waals surface area contributed by atoms with Crippen LogP contribution in [0.4, 0.5) is 0 Å². The van der Waals surface area contributed by atoms with Gasteiger partial charge in [-0.3, -0.25) is 4.79 Å². The molecule has 0 aliphatic heterocycles. The topological polar surface area (TPSA) is 158 Å². The lowest BCUT2D eigenvalue weighted by Crippen LogP contribution is -2.14. The monoisotopic (exact) mass is 469 g/mol. The molecular formula is C24H35N7OS. The Labute approximate surface area is 202 Å². The minimum atomic E-state index is -0.677. The molecule has 1 aromatic rings. The smallest absolute Gasteiger partial charge is 0.248 e. The number of unbranched alkanes of at least 4 members (excludes halogenated alkanes) is 2. The summed E-state index contributed by atoms with van der Waals surface area (Å²) < 4.78 is 1.82. The van der Waals surface area contributed by atoms with Crippen LogP contribution in [0.15, 0.2) is 41.8 Å². The van der Waals surface area contributed by atoms with E-state index >= 15 is 0 Å². The van der Waals surface area contributed by atoms with Gasteiger partial charge in [0, 0.05) is 54.0 Å². The van der Waals surface area contributed by atoms with E-state index in [4.69, 9.17) is 27.5 Å². The van der Waals surface area contributed by atoms with E-state index in [0.29, 0.717) is 34.9 Å². The quantitative estimate of drug-likeness (QED) is 0.108. The van der Waals surface area contributed by atoms with Crippen LogP contribution in [0.1, 0.15) is 58.0 Å². The van der Waals surface area contributed by atoms with Gasteiger partial charge in [0.05, 0.1) is 11.8 Å². The van der Waals surface area contributed by atoms with Crippen molar-refractivity contribution in [3.8, 4) is 6.07 Å². The van der Waals surface area contributed by atoms with Gasteiger partial charge < -0.3 is 26.9 Å². The molecule has 6 N–H and O–H groups in total. The Morgan fingerprint density at radius 1 is 1.36 bits per heavy atom. The van der Waals surface area contributed by atoms with Crippen molar-refractivity contribution in [2.75, 3.05) is 5.75 Å². The number of rotatable bonds is 11. The van der Waals surface area contributed by atoms with Crippen LogP contribution in [0.2, 0.25) is 0 Å². The molecule has 0 radical (unpaired) electrons. The highest BCUT2D eigenvalue weighted by Crippen LogP contribution is 2.23. The molecule has 0 fully saturated rings. The average Bonchev–Trinajstić information content (AvgIpc) is 3.14. The molecule has 0 saturated heterocycles. The third-order valence-corrected chi connectivity index (χ3v) is 4.76. The van der Waals surface area contributed by atoms with E-state index in [0.717, 1.165) is 36.7 Å². The zero-order valence-corrected chi connectivity index (χ0v) is 20.8. The number of nitrogens with two attached hydrogens (primary N) is 2. The van der Waals surface area contributed by atoms with Crippen molar-refractivity contribution in [3.05, 3.63) is 53.3 Å². The zero-order valence-electron chi connectivity index (χ0n) is 19.9. The Kier molecular flexibility index (Phi) is 13.8. The van der Waals surface area contributed by atoms with Gasteiger partial charge >= 0.3 is 0 Å².